The summed E-state index contributed by atoms with van der Waals surface area (Å²) in [7, 11) is 0. The lowest BCUT2D eigenvalue weighted by atomic mass is 10.3. The number of halogens is 2. The van der Waals surface area contributed by atoms with Crippen LogP contribution in [-0.4, -0.2) is 9.97 Å². The van der Waals surface area contributed by atoms with Gasteiger partial charge < -0.3 is 4.74 Å². The van der Waals surface area contributed by atoms with E-state index in [1.807, 2.05) is 35.7 Å². The molecule has 0 bridgehead atoms. The lowest BCUT2D eigenvalue weighted by Gasteiger charge is -2.05. The summed E-state index contributed by atoms with van der Waals surface area (Å²) >= 11 is 11.0. The zero-order valence-electron chi connectivity index (χ0n) is 9.64. The van der Waals surface area contributed by atoms with Gasteiger partial charge in [-0.25, -0.2) is 9.97 Å². The molecule has 0 unspecified atom stereocenters. The number of thiophene rings is 1. The molecule has 3 rings (SSSR count). The molecule has 0 saturated heterocycles. The van der Waals surface area contributed by atoms with Gasteiger partial charge >= 0.3 is 0 Å². The second kappa shape index (κ2) is 5.45. The van der Waals surface area contributed by atoms with Crippen LogP contribution in [0.3, 0.4) is 0 Å². The van der Waals surface area contributed by atoms with E-state index in [-0.39, 0.29) is 0 Å². The molecule has 1 aromatic carbocycles. The van der Waals surface area contributed by atoms with Gasteiger partial charge in [-0.2, -0.15) is 0 Å². The fraction of sp³-hybridized carbons (Fsp3) is 0.0769. The molecule has 3 aromatic rings. The Balaban J connectivity index is 1.79. The van der Waals surface area contributed by atoms with Crippen LogP contribution in [0.4, 0.5) is 0 Å². The third kappa shape index (κ3) is 2.88. The highest BCUT2D eigenvalue weighted by Gasteiger charge is 2.07. The van der Waals surface area contributed by atoms with Gasteiger partial charge in [-0.05, 0) is 35.7 Å². The van der Waals surface area contributed by atoms with Crippen LogP contribution in [0.1, 0.15) is 5.82 Å². The summed E-state index contributed by atoms with van der Waals surface area (Å²) in [4.78, 5) is 9.53. The van der Waals surface area contributed by atoms with E-state index in [1.54, 1.807) is 11.3 Å². The quantitative estimate of drug-likeness (QED) is 0.640. The lowest BCUT2D eigenvalue weighted by molar-refractivity contribution is 0.296. The second-order valence-corrected chi connectivity index (χ2v) is 5.98. The minimum atomic E-state index is 0.301. The standard InChI is InChI=1S/C13H8BrClN2OS/c14-8-1-3-9(4-2-8)18-7-11-16-12(15)10-5-6-19-13(10)17-11/h1-6H,7H2. The molecular weight excluding hydrogens is 348 g/mol. The summed E-state index contributed by atoms with van der Waals surface area (Å²) in [6.45, 7) is 0.301. The number of nitrogens with zero attached hydrogens (tertiary/aromatic N) is 2. The van der Waals surface area contributed by atoms with Gasteiger partial charge in [0, 0.05) is 9.86 Å². The summed E-state index contributed by atoms with van der Waals surface area (Å²) in [5, 5.41) is 3.31. The van der Waals surface area contributed by atoms with Crippen LogP contribution in [-0.2, 0) is 6.61 Å². The highest BCUT2D eigenvalue weighted by molar-refractivity contribution is 9.10. The zero-order chi connectivity index (χ0) is 13.2. The first-order valence-electron chi connectivity index (χ1n) is 5.50. The van der Waals surface area contributed by atoms with Crippen molar-refractivity contribution >= 4 is 49.1 Å². The van der Waals surface area contributed by atoms with Crippen molar-refractivity contribution in [3.63, 3.8) is 0 Å². The predicted octanol–water partition coefficient (Wildman–Crippen LogP) is 4.69. The van der Waals surface area contributed by atoms with Crippen molar-refractivity contribution in [3.8, 4) is 5.75 Å². The van der Waals surface area contributed by atoms with E-state index in [1.165, 1.54) is 0 Å². The Labute approximate surface area is 127 Å². The van der Waals surface area contributed by atoms with E-state index >= 15 is 0 Å². The Kier molecular flexibility index (Phi) is 3.68. The van der Waals surface area contributed by atoms with Crippen LogP contribution >= 0.6 is 38.9 Å². The molecular formula is C13H8BrClN2OS. The largest absolute Gasteiger partial charge is 0.486 e. The van der Waals surface area contributed by atoms with E-state index in [4.69, 9.17) is 16.3 Å². The molecule has 3 nitrogen and oxygen atoms in total. The molecule has 0 atom stereocenters. The Morgan fingerprint density at radius 1 is 1.16 bits per heavy atom. The van der Waals surface area contributed by atoms with Crippen LogP contribution in [0.2, 0.25) is 5.15 Å². The fourth-order valence-electron chi connectivity index (χ4n) is 1.60. The molecule has 0 radical (unpaired) electrons. The fourth-order valence-corrected chi connectivity index (χ4v) is 2.96. The summed E-state index contributed by atoms with van der Waals surface area (Å²) in [5.74, 6) is 1.36. The van der Waals surface area contributed by atoms with E-state index < -0.39 is 0 Å². The average Bonchev–Trinajstić information content (AvgIpc) is 2.87. The molecule has 0 amide bonds. The van der Waals surface area contributed by atoms with Gasteiger partial charge in [0.1, 0.15) is 22.3 Å². The maximum atomic E-state index is 6.10. The van der Waals surface area contributed by atoms with Crippen molar-refractivity contribution in [3.05, 3.63) is 51.2 Å². The Hall–Kier alpha value is -1.17. The molecule has 0 saturated carbocycles. The molecule has 0 N–H and O–H groups in total. The maximum Gasteiger partial charge on any atom is 0.169 e. The third-order valence-electron chi connectivity index (χ3n) is 2.51. The molecule has 0 aliphatic rings. The molecule has 19 heavy (non-hydrogen) atoms. The van der Waals surface area contributed by atoms with Crippen LogP contribution in [0, 0.1) is 0 Å². The maximum absolute atomic E-state index is 6.10. The lowest BCUT2D eigenvalue weighted by Crippen LogP contribution is -2.01. The third-order valence-corrected chi connectivity index (χ3v) is 4.13. The van der Waals surface area contributed by atoms with E-state index in [0.717, 1.165) is 20.4 Å². The van der Waals surface area contributed by atoms with Gasteiger partial charge in [-0.3, -0.25) is 0 Å². The molecule has 2 heterocycles. The molecule has 0 aliphatic heterocycles. The van der Waals surface area contributed by atoms with Crippen molar-refractivity contribution in [2.75, 3.05) is 0 Å². The van der Waals surface area contributed by atoms with E-state index in [9.17, 15) is 0 Å². The van der Waals surface area contributed by atoms with Gasteiger partial charge in [0.25, 0.3) is 0 Å². The summed E-state index contributed by atoms with van der Waals surface area (Å²) in [6.07, 6.45) is 0. The van der Waals surface area contributed by atoms with E-state index in [0.29, 0.717) is 17.6 Å². The highest BCUT2D eigenvalue weighted by Crippen LogP contribution is 2.25. The minimum Gasteiger partial charge on any atom is -0.486 e. The molecule has 0 aliphatic carbocycles. The topological polar surface area (TPSA) is 35.0 Å². The first kappa shape index (κ1) is 12.8. The first-order valence-corrected chi connectivity index (χ1v) is 7.55. The summed E-state index contributed by atoms with van der Waals surface area (Å²) < 4.78 is 6.64. The molecule has 6 heteroatoms. The molecule has 96 valence electrons. The number of hydrogen-bond acceptors (Lipinski definition) is 4. The van der Waals surface area contributed by atoms with Gasteiger partial charge in [-0.15, -0.1) is 11.3 Å². The average molecular weight is 356 g/mol. The van der Waals surface area contributed by atoms with E-state index in [2.05, 4.69) is 25.9 Å². The van der Waals surface area contributed by atoms with Gasteiger partial charge in [0.05, 0.1) is 0 Å². The van der Waals surface area contributed by atoms with Crippen molar-refractivity contribution in [1.29, 1.82) is 0 Å². The summed E-state index contributed by atoms with van der Waals surface area (Å²) in [6, 6.07) is 9.53. The normalized spacial score (nSPS) is 10.8. The highest BCUT2D eigenvalue weighted by atomic mass is 79.9. The molecule has 0 fully saturated rings. The number of fused-ring (bicyclic) bond motifs is 1. The second-order valence-electron chi connectivity index (χ2n) is 3.81. The van der Waals surface area contributed by atoms with Crippen LogP contribution in [0.15, 0.2) is 40.2 Å². The smallest absolute Gasteiger partial charge is 0.169 e. The van der Waals surface area contributed by atoms with Crippen molar-refractivity contribution in [2.24, 2.45) is 0 Å². The SMILES string of the molecule is Clc1nc(COc2ccc(Br)cc2)nc2sccc12. The predicted molar refractivity (Wildman–Crippen MR) is 80.9 cm³/mol. The zero-order valence-corrected chi connectivity index (χ0v) is 12.8. The van der Waals surface area contributed by atoms with Gasteiger partial charge in [0.2, 0.25) is 0 Å². The van der Waals surface area contributed by atoms with Crippen LogP contribution in [0.25, 0.3) is 10.2 Å². The number of hydrogen-bond donors (Lipinski definition) is 0. The number of aromatic nitrogens is 2. The van der Waals surface area contributed by atoms with Crippen molar-refractivity contribution in [1.82, 2.24) is 9.97 Å². The van der Waals surface area contributed by atoms with Crippen LogP contribution in [0.5, 0.6) is 5.75 Å². The summed E-state index contributed by atoms with van der Waals surface area (Å²) in [5.41, 5.74) is 0. The van der Waals surface area contributed by atoms with Crippen molar-refractivity contribution < 1.29 is 4.74 Å². The number of benzene rings is 1. The molecule has 2 aromatic heterocycles. The first-order chi connectivity index (χ1) is 9.22. The Morgan fingerprint density at radius 2 is 1.95 bits per heavy atom. The number of rotatable bonds is 3. The monoisotopic (exact) mass is 354 g/mol. The number of ether oxygens (including phenoxy) is 1. The van der Waals surface area contributed by atoms with Crippen LogP contribution < -0.4 is 4.74 Å². The van der Waals surface area contributed by atoms with Gasteiger partial charge in [0.15, 0.2) is 5.82 Å². The minimum absolute atomic E-state index is 0.301. The van der Waals surface area contributed by atoms with Crippen molar-refractivity contribution in [2.45, 2.75) is 6.61 Å². The Bertz CT molecular complexity index is 714. The van der Waals surface area contributed by atoms with Gasteiger partial charge in [-0.1, -0.05) is 27.5 Å². The Morgan fingerprint density at radius 3 is 2.74 bits per heavy atom. The molecule has 0 spiro atoms.